The lowest BCUT2D eigenvalue weighted by molar-refractivity contribution is 0.134. The number of hydrogen-bond acceptors (Lipinski definition) is 3. The van der Waals surface area contributed by atoms with Gasteiger partial charge < -0.3 is 15.5 Å². The zero-order valence-electron chi connectivity index (χ0n) is 10.3. The second kappa shape index (κ2) is 5.52. The van der Waals surface area contributed by atoms with Crippen molar-refractivity contribution in [1.29, 1.82) is 0 Å². The molecule has 0 amide bonds. The summed E-state index contributed by atoms with van der Waals surface area (Å²) >= 11 is 0. The van der Waals surface area contributed by atoms with E-state index in [4.69, 9.17) is 0 Å². The Labute approximate surface area is 102 Å². The van der Waals surface area contributed by atoms with Crippen molar-refractivity contribution in [3.05, 3.63) is 29.8 Å². The third-order valence-electron chi connectivity index (χ3n) is 3.51. The van der Waals surface area contributed by atoms with Crippen LogP contribution in [-0.4, -0.2) is 22.3 Å². The average Bonchev–Trinajstić information content (AvgIpc) is 2.77. The highest BCUT2D eigenvalue weighted by molar-refractivity contribution is 5.29. The van der Waals surface area contributed by atoms with Crippen molar-refractivity contribution in [2.24, 2.45) is 0 Å². The standard InChI is InChI=1S/C14H21NO2/c1-2-4-11-7-8-13(15-11)14(17)10-5-3-6-12(16)9-10/h3,5-6,9,11,13-17H,2,4,7-8H2,1H3/t11-,13+,14?/m0/s1. The predicted octanol–water partition coefficient (Wildman–Crippen LogP) is 2.35. The van der Waals surface area contributed by atoms with Crippen molar-refractivity contribution in [1.82, 2.24) is 5.32 Å². The van der Waals surface area contributed by atoms with Gasteiger partial charge in [0.15, 0.2) is 0 Å². The summed E-state index contributed by atoms with van der Waals surface area (Å²) in [6.07, 6.45) is 3.95. The molecule has 0 saturated carbocycles. The number of benzene rings is 1. The summed E-state index contributed by atoms with van der Waals surface area (Å²) in [7, 11) is 0. The average molecular weight is 235 g/mol. The van der Waals surface area contributed by atoms with Crippen LogP contribution in [0.4, 0.5) is 0 Å². The fraction of sp³-hybridized carbons (Fsp3) is 0.571. The van der Waals surface area contributed by atoms with Crippen LogP contribution in [0.15, 0.2) is 24.3 Å². The van der Waals surface area contributed by atoms with Gasteiger partial charge in [0.25, 0.3) is 0 Å². The minimum Gasteiger partial charge on any atom is -0.508 e. The normalized spacial score (nSPS) is 26.0. The van der Waals surface area contributed by atoms with E-state index in [0.29, 0.717) is 6.04 Å². The van der Waals surface area contributed by atoms with E-state index < -0.39 is 6.10 Å². The molecule has 0 bridgehead atoms. The van der Waals surface area contributed by atoms with E-state index in [1.807, 2.05) is 6.07 Å². The molecule has 0 aromatic heterocycles. The fourth-order valence-corrected chi connectivity index (χ4v) is 2.62. The summed E-state index contributed by atoms with van der Waals surface area (Å²) in [6.45, 7) is 2.18. The molecule has 2 rings (SSSR count). The van der Waals surface area contributed by atoms with E-state index in [-0.39, 0.29) is 11.8 Å². The van der Waals surface area contributed by atoms with Gasteiger partial charge in [0, 0.05) is 12.1 Å². The van der Waals surface area contributed by atoms with Crippen LogP contribution in [0.2, 0.25) is 0 Å². The van der Waals surface area contributed by atoms with Crippen LogP contribution in [0.3, 0.4) is 0 Å². The molecular weight excluding hydrogens is 214 g/mol. The Morgan fingerprint density at radius 1 is 1.41 bits per heavy atom. The van der Waals surface area contributed by atoms with Gasteiger partial charge in [-0.3, -0.25) is 0 Å². The number of aromatic hydroxyl groups is 1. The minimum absolute atomic E-state index is 0.119. The molecule has 3 atom stereocenters. The third-order valence-corrected chi connectivity index (χ3v) is 3.51. The van der Waals surface area contributed by atoms with E-state index in [1.165, 1.54) is 12.8 Å². The Morgan fingerprint density at radius 2 is 2.24 bits per heavy atom. The van der Waals surface area contributed by atoms with Gasteiger partial charge in [0.1, 0.15) is 5.75 Å². The SMILES string of the molecule is CCC[C@H]1CC[C@H](C(O)c2cccc(O)c2)N1. The van der Waals surface area contributed by atoms with Gasteiger partial charge in [-0.05, 0) is 37.0 Å². The van der Waals surface area contributed by atoms with Crippen molar-refractivity contribution in [3.63, 3.8) is 0 Å². The van der Waals surface area contributed by atoms with Gasteiger partial charge in [-0.2, -0.15) is 0 Å². The molecule has 17 heavy (non-hydrogen) atoms. The molecule has 0 aliphatic carbocycles. The van der Waals surface area contributed by atoms with Crippen molar-refractivity contribution < 1.29 is 10.2 Å². The number of aliphatic hydroxyl groups is 1. The summed E-state index contributed by atoms with van der Waals surface area (Å²) in [4.78, 5) is 0. The quantitative estimate of drug-likeness (QED) is 0.751. The molecule has 1 unspecified atom stereocenters. The molecule has 3 heteroatoms. The van der Waals surface area contributed by atoms with Crippen LogP contribution < -0.4 is 5.32 Å². The van der Waals surface area contributed by atoms with Gasteiger partial charge in [0.2, 0.25) is 0 Å². The molecule has 1 saturated heterocycles. The molecule has 0 radical (unpaired) electrons. The first-order valence-corrected chi connectivity index (χ1v) is 6.43. The second-order valence-corrected chi connectivity index (χ2v) is 4.88. The summed E-state index contributed by atoms with van der Waals surface area (Å²) in [5.41, 5.74) is 0.791. The molecule has 1 fully saturated rings. The summed E-state index contributed by atoms with van der Waals surface area (Å²) in [6, 6.07) is 7.55. The lowest BCUT2D eigenvalue weighted by Crippen LogP contribution is -2.33. The predicted molar refractivity (Wildman–Crippen MR) is 67.9 cm³/mol. The lowest BCUT2D eigenvalue weighted by atomic mass is 10.0. The minimum atomic E-state index is -0.524. The van der Waals surface area contributed by atoms with Crippen molar-refractivity contribution in [2.75, 3.05) is 0 Å². The Balaban J connectivity index is 1.99. The summed E-state index contributed by atoms with van der Waals surface area (Å²) < 4.78 is 0. The van der Waals surface area contributed by atoms with Crippen LogP contribution in [0, 0.1) is 0 Å². The molecule has 1 heterocycles. The highest BCUT2D eigenvalue weighted by Gasteiger charge is 2.29. The number of phenolic OH excluding ortho intramolecular Hbond substituents is 1. The summed E-state index contributed by atoms with van der Waals surface area (Å²) in [5.74, 6) is 0.213. The topological polar surface area (TPSA) is 52.5 Å². The summed E-state index contributed by atoms with van der Waals surface area (Å²) in [5, 5.41) is 23.1. The second-order valence-electron chi connectivity index (χ2n) is 4.88. The van der Waals surface area contributed by atoms with E-state index in [1.54, 1.807) is 18.2 Å². The van der Waals surface area contributed by atoms with Gasteiger partial charge in [-0.1, -0.05) is 25.5 Å². The molecule has 1 aliphatic heterocycles. The zero-order chi connectivity index (χ0) is 12.3. The van der Waals surface area contributed by atoms with Crippen LogP contribution in [0.25, 0.3) is 0 Å². The van der Waals surface area contributed by atoms with Crippen molar-refractivity contribution >= 4 is 0 Å². The number of nitrogens with one attached hydrogen (secondary N) is 1. The number of aliphatic hydroxyl groups excluding tert-OH is 1. The Hall–Kier alpha value is -1.06. The lowest BCUT2D eigenvalue weighted by Gasteiger charge is -2.20. The maximum absolute atomic E-state index is 10.3. The van der Waals surface area contributed by atoms with E-state index >= 15 is 0 Å². The molecule has 3 N–H and O–H groups in total. The smallest absolute Gasteiger partial charge is 0.115 e. The van der Waals surface area contributed by atoms with Gasteiger partial charge in [-0.25, -0.2) is 0 Å². The zero-order valence-corrected chi connectivity index (χ0v) is 10.3. The first-order chi connectivity index (χ1) is 8.20. The molecule has 0 spiro atoms. The molecule has 1 aromatic carbocycles. The van der Waals surface area contributed by atoms with Crippen molar-refractivity contribution in [2.45, 2.75) is 50.8 Å². The van der Waals surface area contributed by atoms with Crippen LogP contribution in [0.5, 0.6) is 5.75 Å². The molecule has 94 valence electrons. The van der Waals surface area contributed by atoms with Crippen LogP contribution in [-0.2, 0) is 0 Å². The molecule has 1 aromatic rings. The van der Waals surface area contributed by atoms with Gasteiger partial charge in [-0.15, -0.1) is 0 Å². The van der Waals surface area contributed by atoms with Crippen molar-refractivity contribution in [3.8, 4) is 5.75 Å². The molecule has 3 nitrogen and oxygen atoms in total. The maximum atomic E-state index is 10.3. The largest absolute Gasteiger partial charge is 0.508 e. The Kier molecular flexibility index (Phi) is 4.02. The van der Waals surface area contributed by atoms with Crippen LogP contribution in [0.1, 0.15) is 44.3 Å². The molecular formula is C14H21NO2. The molecule has 1 aliphatic rings. The Bertz CT molecular complexity index is 367. The van der Waals surface area contributed by atoms with Gasteiger partial charge in [0.05, 0.1) is 6.10 Å². The Morgan fingerprint density at radius 3 is 2.94 bits per heavy atom. The van der Waals surface area contributed by atoms with E-state index in [2.05, 4.69) is 12.2 Å². The van der Waals surface area contributed by atoms with Gasteiger partial charge >= 0.3 is 0 Å². The third kappa shape index (κ3) is 2.99. The first kappa shape index (κ1) is 12.4. The van der Waals surface area contributed by atoms with E-state index in [9.17, 15) is 10.2 Å². The first-order valence-electron chi connectivity index (χ1n) is 6.43. The highest BCUT2D eigenvalue weighted by atomic mass is 16.3. The maximum Gasteiger partial charge on any atom is 0.115 e. The number of hydrogen-bond donors (Lipinski definition) is 3. The fourth-order valence-electron chi connectivity index (χ4n) is 2.62. The van der Waals surface area contributed by atoms with E-state index in [0.717, 1.165) is 18.4 Å². The number of rotatable bonds is 4. The number of phenols is 1. The highest BCUT2D eigenvalue weighted by Crippen LogP contribution is 2.28. The van der Waals surface area contributed by atoms with Crippen LogP contribution >= 0.6 is 0 Å². The monoisotopic (exact) mass is 235 g/mol.